The van der Waals surface area contributed by atoms with E-state index < -0.39 is 5.82 Å². The monoisotopic (exact) mass is 278 g/mol. The normalized spacial score (nSPS) is 10.5. The van der Waals surface area contributed by atoms with E-state index in [2.05, 4.69) is 25.6 Å². The van der Waals surface area contributed by atoms with Gasteiger partial charge >= 0.3 is 0 Å². The summed E-state index contributed by atoms with van der Waals surface area (Å²) in [4.78, 5) is 11.9. The average molecular weight is 278 g/mol. The molecule has 0 aliphatic carbocycles. The molecule has 0 saturated heterocycles. The van der Waals surface area contributed by atoms with Gasteiger partial charge in [-0.25, -0.2) is 14.4 Å². The van der Waals surface area contributed by atoms with Crippen molar-refractivity contribution in [1.29, 1.82) is 0 Å². The zero-order valence-corrected chi connectivity index (χ0v) is 11.5. The molecule has 0 fully saturated rings. The van der Waals surface area contributed by atoms with Crippen LogP contribution < -0.4 is 10.6 Å². The second-order valence-electron chi connectivity index (χ2n) is 4.35. The maximum Gasteiger partial charge on any atom is 0.224 e. The van der Waals surface area contributed by atoms with Crippen molar-refractivity contribution in [2.45, 2.75) is 26.3 Å². The Balaban J connectivity index is 1.74. The molecule has 2 aromatic rings. The van der Waals surface area contributed by atoms with E-state index in [9.17, 15) is 4.39 Å². The summed E-state index contributed by atoms with van der Waals surface area (Å²) in [6.07, 6.45) is 8.59. The van der Waals surface area contributed by atoms with Crippen LogP contribution in [0.5, 0.6) is 0 Å². The number of unbranched alkanes of at least 4 members (excludes halogenated alkanes) is 1. The topological polar surface area (TPSA) is 67.7 Å². The maximum atomic E-state index is 13.5. The molecule has 0 atom stereocenters. The molecule has 0 aliphatic rings. The third-order valence-corrected chi connectivity index (χ3v) is 2.77. The lowest BCUT2D eigenvalue weighted by atomic mass is 10.3. The van der Waals surface area contributed by atoms with Crippen molar-refractivity contribution >= 4 is 11.8 Å². The summed E-state index contributed by atoms with van der Waals surface area (Å²) >= 11 is 0. The van der Waals surface area contributed by atoms with E-state index in [0.717, 1.165) is 19.4 Å². The first-order valence-corrected chi connectivity index (χ1v) is 6.75. The molecular weight excluding hydrogens is 259 g/mol. The van der Waals surface area contributed by atoms with Crippen molar-refractivity contribution in [3.05, 3.63) is 30.7 Å². The Kier molecular flexibility index (Phi) is 5.28. The highest BCUT2D eigenvalue weighted by atomic mass is 19.1. The van der Waals surface area contributed by atoms with Gasteiger partial charge in [-0.05, 0) is 19.8 Å². The Morgan fingerprint density at radius 3 is 2.95 bits per heavy atom. The van der Waals surface area contributed by atoms with Crippen molar-refractivity contribution in [2.24, 2.45) is 0 Å². The van der Waals surface area contributed by atoms with E-state index in [1.165, 1.54) is 6.20 Å². The second-order valence-corrected chi connectivity index (χ2v) is 4.35. The van der Waals surface area contributed by atoms with Gasteiger partial charge in [0.2, 0.25) is 5.95 Å². The van der Waals surface area contributed by atoms with Crippen molar-refractivity contribution < 1.29 is 4.39 Å². The van der Waals surface area contributed by atoms with Crippen LogP contribution in [0.4, 0.5) is 16.2 Å². The van der Waals surface area contributed by atoms with Gasteiger partial charge in [-0.2, -0.15) is 4.98 Å². The van der Waals surface area contributed by atoms with Crippen LogP contribution in [0.1, 0.15) is 19.8 Å². The van der Waals surface area contributed by atoms with E-state index in [1.54, 1.807) is 12.5 Å². The molecule has 2 heterocycles. The van der Waals surface area contributed by atoms with Gasteiger partial charge in [0.05, 0.1) is 12.5 Å². The van der Waals surface area contributed by atoms with Crippen LogP contribution in [0.15, 0.2) is 24.9 Å². The SMILES string of the molecule is CCNc1ncc(F)c(NCCCCn2ccnc2)n1. The van der Waals surface area contributed by atoms with E-state index in [-0.39, 0.29) is 5.82 Å². The Bertz CT molecular complexity index is 514. The zero-order valence-electron chi connectivity index (χ0n) is 11.5. The quantitative estimate of drug-likeness (QED) is 0.724. The van der Waals surface area contributed by atoms with Crippen molar-refractivity contribution in [3.8, 4) is 0 Å². The van der Waals surface area contributed by atoms with Crippen molar-refractivity contribution in [3.63, 3.8) is 0 Å². The van der Waals surface area contributed by atoms with Crippen molar-refractivity contribution in [2.75, 3.05) is 23.7 Å². The predicted molar refractivity (Wildman–Crippen MR) is 76.1 cm³/mol. The molecule has 7 heteroatoms. The molecule has 0 aliphatic heterocycles. The lowest BCUT2D eigenvalue weighted by Gasteiger charge is -2.08. The van der Waals surface area contributed by atoms with E-state index in [4.69, 9.17) is 0 Å². The van der Waals surface area contributed by atoms with Gasteiger partial charge in [0, 0.05) is 32.0 Å². The molecule has 2 aromatic heterocycles. The smallest absolute Gasteiger partial charge is 0.224 e. The summed E-state index contributed by atoms with van der Waals surface area (Å²) in [7, 11) is 0. The Hall–Kier alpha value is -2.18. The van der Waals surface area contributed by atoms with Gasteiger partial charge in [-0.3, -0.25) is 0 Å². The molecule has 108 valence electrons. The fourth-order valence-corrected chi connectivity index (χ4v) is 1.78. The molecule has 2 N–H and O–H groups in total. The molecule has 0 saturated carbocycles. The number of halogens is 1. The summed E-state index contributed by atoms with van der Waals surface area (Å²) in [5.41, 5.74) is 0. The number of nitrogens with zero attached hydrogens (tertiary/aromatic N) is 4. The minimum Gasteiger partial charge on any atom is -0.367 e. The van der Waals surface area contributed by atoms with Gasteiger partial charge in [0.15, 0.2) is 11.6 Å². The molecule has 20 heavy (non-hydrogen) atoms. The van der Waals surface area contributed by atoms with Gasteiger partial charge < -0.3 is 15.2 Å². The molecule has 0 amide bonds. The Morgan fingerprint density at radius 2 is 2.20 bits per heavy atom. The van der Waals surface area contributed by atoms with E-state index in [0.29, 0.717) is 19.0 Å². The van der Waals surface area contributed by atoms with Gasteiger partial charge in [0.25, 0.3) is 0 Å². The minimum atomic E-state index is -0.429. The van der Waals surface area contributed by atoms with Gasteiger partial charge in [0.1, 0.15) is 0 Å². The lowest BCUT2D eigenvalue weighted by molar-refractivity contribution is 0.606. The molecule has 0 unspecified atom stereocenters. The van der Waals surface area contributed by atoms with Crippen LogP contribution >= 0.6 is 0 Å². The summed E-state index contributed by atoms with van der Waals surface area (Å²) in [5, 5.41) is 5.96. The lowest BCUT2D eigenvalue weighted by Crippen LogP contribution is -2.10. The first-order valence-electron chi connectivity index (χ1n) is 6.75. The summed E-state index contributed by atoms with van der Waals surface area (Å²) in [6.45, 7) is 4.23. The standard InChI is InChI=1S/C13H19FN6/c1-2-16-13-18-9-11(14)12(19-13)17-5-3-4-7-20-8-6-15-10-20/h6,8-10H,2-5,7H2,1H3,(H2,16,17,18,19). The fraction of sp³-hybridized carbons (Fsp3) is 0.462. The maximum absolute atomic E-state index is 13.5. The highest BCUT2D eigenvalue weighted by Crippen LogP contribution is 2.11. The molecule has 0 spiro atoms. The Labute approximate surface area is 117 Å². The largest absolute Gasteiger partial charge is 0.367 e. The van der Waals surface area contributed by atoms with Crippen LogP contribution in [0.3, 0.4) is 0 Å². The number of aromatic nitrogens is 4. The highest BCUT2D eigenvalue weighted by molar-refractivity contribution is 5.40. The molecule has 0 bridgehead atoms. The number of anilines is 2. The molecule has 6 nitrogen and oxygen atoms in total. The third kappa shape index (κ3) is 4.18. The average Bonchev–Trinajstić information content (AvgIpc) is 2.95. The van der Waals surface area contributed by atoms with E-state index >= 15 is 0 Å². The summed E-state index contributed by atoms with van der Waals surface area (Å²) in [6, 6.07) is 0. The first kappa shape index (κ1) is 14.2. The summed E-state index contributed by atoms with van der Waals surface area (Å²) in [5.74, 6) is 0.259. The molecule has 2 rings (SSSR count). The van der Waals surface area contributed by atoms with Crippen LogP contribution in [-0.2, 0) is 6.54 Å². The number of hydrogen-bond donors (Lipinski definition) is 2. The second kappa shape index (κ2) is 7.42. The third-order valence-electron chi connectivity index (χ3n) is 2.77. The zero-order chi connectivity index (χ0) is 14.2. The fourth-order valence-electron chi connectivity index (χ4n) is 1.78. The van der Waals surface area contributed by atoms with Crippen LogP contribution in [0.2, 0.25) is 0 Å². The van der Waals surface area contributed by atoms with E-state index in [1.807, 2.05) is 17.7 Å². The predicted octanol–water partition coefficient (Wildman–Crippen LogP) is 2.14. The van der Waals surface area contributed by atoms with Gasteiger partial charge in [-0.15, -0.1) is 0 Å². The number of hydrogen-bond acceptors (Lipinski definition) is 5. The number of rotatable bonds is 8. The number of nitrogens with one attached hydrogen (secondary N) is 2. The molecule has 0 aromatic carbocycles. The highest BCUT2D eigenvalue weighted by Gasteiger charge is 2.05. The van der Waals surface area contributed by atoms with Crippen LogP contribution in [-0.4, -0.2) is 32.6 Å². The van der Waals surface area contributed by atoms with Crippen molar-refractivity contribution in [1.82, 2.24) is 19.5 Å². The van der Waals surface area contributed by atoms with Crippen LogP contribution in [0, 0.1) is 5.82 Å². The molecule has 0 radical (unpaired) electrons. The number of aryl methyl sites for hydroxylation is 1. The molecular formula is C13H19FN6. The van der Waals surface area contributed by atoms with Crippen LogP contribution in [0.25, 0.3) is 0 Å². The minimum absolute atomic E-state index is 0.249. The Morgan fingerprint density at radius 1 is 1.30 bits per heavy atom. The van der Waals surface area contributed by atoms with Gasteiger partial charge in [-0.1, -0.05) is 0 Å². The summed E-state index contributed by atoms with van der Waals surface area (Å²) < 4.78 is 15.5. The number of imidazole rings is 1. The first-order chi connectivity index (χ1) is 9.79.